The van der Waals surface area contributed by atoms with Crippen molar-refractivity contribution in [3.8, 4) is 5.75 Å². The van der Waals surface area contributed by atoms with Gasteiger partial charge in [-0.3, -0.25) is 9.89 Å². The summed E-state index contributed by atoms with van der Waals surface area (Å²) in [6.07, 6.45) is 0.625. The second-order valence-electron chi connectivity index (χ2n) is 5.37. The molecule has 0 saturated carbocycles. The Hall–Kier alpha value is -2.88. The van der Waals surface area contributed by atoms with Gasteiger partial charge in [0, 0.05) is 18.5 Å². The first-order valence-electron chi connectivity index (χ1n) is 7.89. The highest BCUT2D eigenvalue weighted by Crippen LogP contribution is 2.18. The Balaban J connectivity index is 1.44. The number of amides is 1. The van der Waals surface area contributed by atoms with Crippen molar-refractivity contribution in [1.82, 2.24) is 25.3 Å². The highest BCUT2D eigenvalue weighted by Gasteiger charge is 2.11. The van der Waals surface area contributed by atoms with Crippen molar-refractivity contribution in [1.29, 1.82) is 0 Å². The van der Waals surface area contributed by atoms with Crippen molar-refractivity contribution in [3.05, 3.63) is 41.8 Å². The molecule has 1 amide bonds. The van der Waals surface area contributed by atoms with E-state index < -0.39 is 0 Å². The number of carbonyl (C=O) groups is 1. The normalized spacial score (nSPS) is 10.7. The van der Waals surface area contributed by atoms with Crippen LogP contribution in [0.15, 0.2) is 33.9 Å². The molecule has 0 saturated heterocycles. The van der Waals surface area contributed by atoms with Crippen LogP contribution in [-0.2, 0) is 17.0 Å². The van der Waals surface area contributed by atoms with Gasteiger partial charge < -0.3 is 14.6 Å². The molecule has 2 aromatic heterocycles. The fourth-order valence-electron chi connectivity index (χ4n) is 2.08. The van der Waals surface area contributed by atoms with Crippen LogP contribution in [0.5, 0.6) is 5.75 Å². The molecule has 0 aliphatic rings. The number of thioether (sulfide) groups is 1. The van der Waals surface area contributed by atoms with E-state index >= 15 is 0 Å². The van der Waals surface area contributed by atoms with Crippen molar-refractivity contribution in [3.63, 3.8) is 0 Å². The predicted molar refractivity (Wildman–Crippen MR) is 94.9 cm³/mol. The van der Waals surface area contributed by atoms with E-state index in [2.05, 4.69) is 30.6 Å². The van der Waals surface area contributed by atoms with Crippen LogP contribution >= 0.6 is 11.8 Å². The summed E-state index contributed by atoms with van der Waals surface area (Å²) in [5.41, 5.74) is 0.709. The van der Waals surface area contributed by atoms with Crippen LogP contribution in [0, 0.1) is 6.92 Å². The number of ether oxygens (including phenoxy) is 1. The molecule has 0 aliphatic heterocycles. The molecule has 0 bridgehead atoms. The monoisotopic (exact) mass is 374 g/mol. The number of aryl methyl sites for hydroxylation is 2. The van der Waals surface area contributed by atoms with Crippen molar-refractivity contribution in [2.75, 3.05) is 12.4 Å². The highest BCUT2D eigenvalue weighted by atomic mass is 32.2. The van der Waals surface area contributed by atoms with Gasteiger partial charge in [0.2, 0.25) is 17.0 Å². The van der Waals surface area contributed by atoms with Gasteiger partial charge in [-0.1, -0.05) is 16.9 Å². The van der Waals surface area contributed by atoms with Gasteiger partial charge in [-0.15, -0.1) is 5.10 Å². The topological polar surface area (TPSA) is 119 Å². The minimum Gasteiger partial charge on any atom is -0.497 e. The maximum absolute atomic E-state index is 12.0. The predicted octanol–water partition coefficient (Wildman–Crippen LogP) is 2.37. The molecule has 10 heteroatoms. The molecular formula is C16H18N6O3S. The number of H-pyrrole nitrogens is 1. The summed E-state index contributed by atoms with van der Waals surface area (Å²) < 4.78 is 10.2. The van der Waals surface area contributed by atoms with Crippen molar-refractivity contribution >= 4 is 23.4 Å². The summed E-state index contributed by atoms with van der Waals surface area (Å²) in [4.78, 5) is 20.5. The molecule has 3 aromatic rings. The van der Waals surface area contributed by atoms with Gasteiger partial charge in [0.1, 0.15) is 11.6 Å². The smallest absolute Gasteiger partial charge is 0.227 e. The van der Waals surface area contributed by atoms with Crippen molar-refractivity contribution in [2.24, 2.45) is 0 Å². The Morgan fingerprint density at radius 1 is 1.31 bits per heavy atom. The molecule has 136 valence electrons. The number of hydrogen-bond acceptors (Lipinski definition) is 8. The van der Waals surface area contributed by atoms with Crippen LogP contribution < -0.4 is 10.1 Å². The molecule has 0 unspecified atom stereocenters. The van der Waals surface area contributed by atoms with E-state index in [9.17, 15) is 4.79 Å². The van der Waals surface area contributed by atoms with Crippen LogP contribution in [0.2, 0.25) is 0 Å². The molecular weight excluding hydrogens is 356 g/mol. The average Bonchev–Trinajstić information content (AvgIpc) is 3.27. The average molecular weight is 374 g/mol. The number of anilines is 1. The number of aromatic amines is 1. The maximum Gasteiger partial charge on any atom is 0.227 e. The molecule has 0 spiro atoms. The van der Waals surface area contributed by atoms with E-state index in [0.29, 0.717) is 34.7 Å². The Morgan fingerprint density at radius 2 is 2.12 bits per heavy atom. The minimum absolute atomic E-state index is 0.125. The standard InChI is InChI=1S/C16H18N6O3S/c1-10-17-16(21-20-10)26-9-13-19-15(25-22-13)8-7-14(23)18-11-3-5-12(24-2)6-4-11/h3-6H,7-9H2,1-2H3,(H,18,23)(H,17,20,21). The first-order chi connectivity index (χ1) is 12.6. The highest BCUT2D eigenvalue weighted by molar-refractivity contribution is 7.98. The largest absolute Gasteiger partial charge is 0.497 e. The number of methoxy groups -OCH3 is 1. The Bertz CT molecular complexity index is 861. The van der Waals surface area contributed by atoms with E-state index in [-0.39, 0.29) is 12.3 Å². The zero-order chi connectivity index (χ0) is 18.4. The third-order valence-corrected chi connectivity index (χ3v) is 4.20. The number of nitrogens with zero attached hydrogens (tertiary/aromatic N) is 4. The second-order valence-corrected chi connectivity index (χ2v) is 6.32. The minimum atomic E-state index is -0.125. The van der Waals surface area contributed by atoms with E-state index in [1.807, 2.05) is 6.92 Å². The fraction of sp³-hybridized carbons (Fsp3) is 0.312. The van der Waals surface area contributed by atoms with E-state index in [1.165, 1.54) is 11.8 Å². The number of rotatable bonds is 8. The van der Waals surface area contributed by atoms with Crippen LogP contribution in [0.1, 0.15) is 24.0 Å². The molecule has 0 atom stereocenters. The Labute approximate surface area is 153 Å². The molecule has 26 heavy (non-hydrogen) atoms. The van der Waals surface area contributed by atoms with Gasteiger partial charge in [-0.2, -0.15) is 4.98 Å². The van der Waals surface area contributed by atoms with Gasteiger partial charge in [0.05, 0.1) is 12.9 Å². The molecule has 1 aromatic carbocycles. The number of aromatic nitrogens is 5. The van der Waals surface area contributed by atoms with Gasteiger partial charge in [0.15, 0.2) is 5.82 Å². The van der Waals surface area contributed by atoms with Crippen LogP contribution in [0.25, 0.3) is 0 Å². The van der Waals surface area contributed by atoms with E-state index in [0.717, 1.165) is 11.6 Å². The molecule has 0 aliphatic carbocycles. The summed E-state index contributed by atoms with van der Waals surface area (Å²) in [6, 6.07) is 7.13. The molecule has 3 rings (SSSR count). The maximum atomic E-state index is 12.0. The summed E-state index contributed by atoms with van der Waals surface area (Å²) in [5.74, 6) is 2.84. The van der Waals surface area contributed by atoms with Crippen molar-refractivity contribution in [2.45, 2.75) is 30.7 Å². The van der Waals surface area contributed by atoms with Crippen LogP contribution in [0.3, 0.4) is 0 Å². The lowest BCUT2D eigenvalue weighted by molar-refractivity contribution is -0.116. The molecule has 2 heterocycles. The van der Waals surface area contributed by atoms with Gasteiger partial charge in [-0.25, -0.2) is 4.98 Å². The SMILES string of the molecule is COc1ccc(NC(=O)CCc2nc(CSc3n[nH]c(C)n3)no2)cc1. The lowest BCUT2D eigenvalue weighted by Crippen LogP contribution is -2.12. The summed E-state index contributed by atoms with van der Waals surface area (Å²) in [7, 11) is 1.59. The number of hydrogen-bond donors (Lipinski definition) is 2. The first-order valence-corrected chi connectivity index (χ1v) is 8.88. The molecule has 2 N–H and O–H groups in total. The van der Waals surface area contributed by atoms with E-state index in [1.54, 1.807) is 31.4 Å². The fourth-order valence-corrected chi connectivity index (χ4v) is 2.77. The number of carbonyl (C=O) groups excluding carboxylic acids is 1. The van der Waals surface area contributed by atoms with Gasteiger partial charge in [-0.05, 0) is 31.2 Å². The van der Waals surface area contributed by atoms with E-state index in [4.69, 9.17) is 9.26 Å². The van der Waals surface area contributed by atoms with Gasteiger partial charge >= 0.3 is 0 Å². The molecule has 9 nitrogen and oxygen atoms in total. The first kappa shape index (κ1) is 17.9. The number of nitrogens with one attached hydrogen (secondary N) is 2. The lowest BCUT2D eigenvalue weighted by atomic mass is 10.2. The summed E-state index contributed by atoms with van der Waals surface area (Å²) >= 11 is 1.41. The molecule has 0 radical (unpaired) electrons. The summed E-state index contributed by atoms with van der Waals surface area (Å²) in [5, 5.41) is 14.1. The quantitative estimate of drug-likeness (QED) is 0.577. The van der Waals surface area contributed by atoms with Crippen molar-refractivity contribution < 1.29 is 14.1 Å². The number of benzene rings is 1. The van der Waals surface area contributed by atoms with Gasteiger partial charge in [0.25, 0.3) is 0 Å². The second kappa shape index (κ2) is 8.48. The van der Waals surface area contributed by atoms with Crippen LogP contribution in [0.4, 0.5) is 5.69 Å². The third-order valence-electron chi connectivity index (χ3n) is 3.36. The van der Waals surface area contributed by atoms with Crippen LogP contribution in [-0.4, -0.2) is 38.3 Å². The lowest BCUT2D eigenvalue weighted by Gasteiger charge is -2.05. The summed E-state index contributed by atoms with van der Waals surface area (Å²) in [6.45, 7) is 1.83. The third kappa shape index (κ3) is 5.06. The Kier molecular flexibility index (Phi) is 5.84. The zero-order valence-electron chi connectivity index (χ0n) is 14.4. The Morgan fingerprint density at radius 3 is 2.81 bits per heavy atom. The molecule has 0 fully saturated rings. The zero-order valence-corrected chi connectivity index (χ0v) is 15.2.